The van der Waals surface area contributed by atoms with E-state index in [0.717, 1.165) is 71.0 Å². The summed E-state index contributed by atoms with van der Waals surface area (Å²) in [7, 11) is 3.62. The zero-order valence-corrected chi connectivity index (χ0v) is 23.7. The average molecular weight is 520 g/mol. The van der Waals surface area contributed by atoms with Crippen LogP contribution in [0.2, 0.25) is 0 Å². The molecule has 2 aromatic heterocycles. The second kappa shape index (κ2) is 14.0. The third-order valence-electron chi connectivity index (χ3n) is 6.58. The molecule has 0 amide bonds. The van der Waals surface area contributed by atoms with E-state index in [1.807, 2.05) is 51.4 Å². The molecule has 6 nitrogen and oxygen atoms in total. The number of pyridine rings is 1. The number of H-pyrrole nitrogens is 1. The van der Waals surface area contributed by atoms with E-state index in [1.54, 1.807) is 19.3 Å². The van der Waals surface area contributed by atoms with Crippen LogP contribution in [0.4, 0.5) is 10.2 Å². The van der Waals surface area contributed by atoms with E-state index in [0.29, 0.717) is 12.1 Å². The number of anilines is 1. The number of rotatable bonds is 8. The van der Waals surface area contributed by atoms with Crippen molar-refractivity contribution < 1.29 is 9.13 Å². The number of hydrogen-bond acceptors (Lipinski definition) is 5. The molecular formula is C31H42FN5O. The molecule has 1 saturated heterocycles. The van der Waals surface area contributed by atoms with Gasteiger partial charge in [0.05, 0.1) is 11.8 Å². The molecule has 0 saturated carbocycles. The van der Waals surface area contributed by atoms with Crippen LogP contribution >= 0.6 is 0 Å². The Labute approximate surface area is 227 Å². The Morgan fingerprint density at radius 2 is 2.08 bits per heavy atom. The molecule has 4 rings (SSSR count). The monoisotopic (exact) mass is 519 g/mol. The van der Waals surface area contributed by atoms with Crippen molar-refractivity contribution >= 4 is 23.5 Å². The summed E-state index contributed by atoms with van der Waals surface area (Å²) in [6, 6.07) is 7.68. The predicted molar refractivity (Wildman–Crippen MR) is 158 cm³/mol. The fourth-order valence-electron chi connectivity index (χ4n) is 4.85. The van der Waals surface area contributed by atoms with Gasteiger partial charge in [-0.1, -0.05) is 32.9 Å². The lowest BCUT2D eigenvalue weighted by Gasteiger charge is -2.32. The van der Waals surface area contributed by atoms with Gasteiger partial charge >= 0.3 is 0 Å². The molecule has 7 heteroatoms. The molecule has 1 aliphatic heterocycles. The van der Waals surface area contributed by atoms with Gasteiger partial charge in [-0.05, 0) is 80.8 Å². The summed E-state index contributed by atoms with van der Waals surface area (Å²) in [6.45, 7) is 14.5. The summed E-state index contributed by atoms with van der Waals surface area (Å²) < 4.78 is 20.6. The number of nitrogens with zero attached hydrogens (tertiary/aromatic N) is 3. The first-order valence-corrected chi connectivity index (χ1v) is 13.4. The van der Waals surface area contributed by atoms with Gasteiger partial charge in [0.25, 0.3) is 0 Å². The first-order valence-electron chi connectivity index (χ1n) is 13.4. The fourth-order valence-corrected chi connectivity index (χ4v) is 4.85. The van der Waals surface area contributed by atoms with Crippen LogP contribution in [0.15, 0.2) is 37.0 Å². The first-order chi connectivity index (χ1) is 18.4. The van der Waals surface area contributed by atoms with E-state index in [9.17, 15) is 0 Å². The highest BCUT2D eigenvalue weighted by atomic mass is 19.1. The SMILES string of the molecule is C=Cc1[nH]nc(-c2ccc(N3CCCC(OC)C3)nc2)c1/C=C(\C)c1c(C)cc(CNC)cc1F.CCC. The molecule has 1 aliphatic rings. The molecule has 0 radical (unpaired) electrons. The summed E-state index contributed by atoms with van der Waals surface area (Å²) in [6.07, 6.45) is 9.21. The van der Waals surface area contributed by atoms with E-state index in [1.165, 1.54) is 6.42 Å². The predicted octanol–water partition coefficient (Wildman–Crippen LogP) is 6.87. The van der Waals surface area contributed by atoms with Crippen molar-refractivity contribution in [3.8, 4) is 11.3 Å². The number of piperidine rings is 1. The highest BCUT2D eigenvalue weighted by Gasteiger charge is 2.21. The van der Waals surface area contributed by atoms with E-state index >= 15 is 4.39 Å². The minimum Gasteiger partial charge on any atom is -0.380 e. The van der Waals surface area contributed by atoms with Crippen LogP contribution in [0.3, 0.4) is 0 Å². The zero-order valence-electron chi connectivity index (χ0n) is 23.7. The highest BCUT2D eigenvalue weighted by molar-refractivity contribution is 5.88. The van der Waals surface area contributed by atoms with E-state index in [2.05, 4.69) is 40.8 Å². The van der Waals surface area contributed by atoms with Crippen molar-refractivity contribution in [2.75, 3.05) is 32.1 Å². The molecule has 1 atom stereocenters. The van der Waals surface area contributed by atoms with Gasteiger partial charge in [0.1, 0.15) is 17.3 Å². The van der Waals surface area contributed by atoms with Gasteiger partial charge in [-0.3, -0.25) is 5.10 Å². The Morgan fingerprint density at radius 3 is 2.68 bits per heavy atom. The standard InChI is InChI=1S/C28H34FN5O.C3H8/c1-6-25-23(13-19(3)27-18(2)12-20(15-30-4)14-24(27)29)28(33-32-25)21-9-10-26(31-16-21)34-11-7-8-22(17-34)35-5;1-3-2/h6,9-10,12-14,16,22,30H,1,7-8,11,15,17H2,2-5H3,(H,32,33);3H2,1-2H3/b19-13+;. The van der Waals surface area contributed by atoms with Crippen molar-refractivity contribution in [2.24, 2.45) is 0 Å². The number of aromatic amines is 1. The molecule has 1 unspecified atom stereocenters. The van der Waals surface area contributed by atoms with Gasteiger partial charge in [0.15, 0.2) is 0 Å². The summed E-state index contributed by atoms with van der Waals surface area (Å²) in [5.74, 6) is 0.707. The number of halogens is 1. The molecule has 3 aromatic rings. The summed E-state index contributed by atoms with van der Waals surface area (Å²) in [5, 5.41) is 10.7. The van der Waals surface area contributed by atoms with Gasteiger partial charge in [0.2, 0.25) is 0 Å². The maximum Gasteiger partial charge on any atom is 0.131 e. The first kappa shape index (κ1) is 29.3. The smallest absolute Gasteiger partial charge is 0.131 e. The second-order valence-corrected chi connectivity index (χ2v) is 9.79. The highest BCUT2D eigenvalue weighted by Crippen LogP contribution is 2.32. The third kappa shape index (κ3) is 6.97. The van der Waals surface area contributed by atoms with E-state index < -0.39 is 0 Å². The Morgan fingerprint density at radius 1 is 1.32 bits per heavy atom. The summed E-state index contributed by atoms with van der Waals surface area (Å²) in [4.78, 5) is 6.98. The van der Waals surface area contributed by atoms with Crippen LogP contribution in [0, 0.1) is 12.7 Å². The molecule has 0 spiro atoms. The molecule has 1 aromatic carbocycles. The molecule has 0 bridgehead atoms. The molecule has 204 valence electrons. The minimum absolute atomic E-state index is 0.226. The largest absolute Gasteiger partial charge is 0.380 e. The van der Waals surface area contributed by atoms with Gasteiger partial charge in [0, 0.05) is 49.6 Å². The number of hydrogen-bond donors (Lipinski definition) is 2. The second-order valence-electron chi connectivity index (χ2n) is 9.79. The molecular weight excluding hydrogens is 477 g/mol. The lowest BCUT2D eigenvalue weighted by Crippen LogP contribution is -2.39. The number of methoxy groups -OCH3 is 1. The van der Waals surface area contributed by atoms with Crippen LogP contribution in [0.5, 0.6) is 0 Å². The van der Waals surface area contributed by atoms with Crippen LogP contribution in [0.1, 0.15) is 68.0 Å². The molecule has 2 N–H and O–H groups in total. The van der Waals surface area contributed by atoms with Crippen molar-refractivity contribution in [1.82, 2.24) is 20.5 Å². The molecule has 0 aliphatic carbocycles. The van der Waals surface area contributed by atoms with Crippen molar-refractivity contribution in [3.05, 3.63) is 70.8 Å². The Kier molecular flexibility index (Phi) is 10.8. The topological polar surface area (TPSA) is 66.1 Å². The quantitative estimate of drug-likeness (QED) is 0.340. The van der Waals surface area contributed by atoms with Crippen molar-refractivity contribution in [3.63, 3.8) is 0 Å². The maximum atomic E-state index is 15.1. The van der Waals surface area contributed by atoms with Crippen LogP contribution in [-0.2, 0) is 11.3 Å². The Hall–Kier alpha value is -3.29. The molecule has 38 heavy (non-hydrogen) atoms. The minimum atomic E-state index is -0.226. The van der Waals surface area contributed by atoms with Crippen molar-refractivity contribution in [2.45, 2.75) is 59.6 Å². The number of allylic oxidation sites excluding steroid dienone is 1. The Balaban J connectivity index is 0.00000127. The lowest BCUT2D eigenvalue weighted by molar-refractivity contribution is 0.0891. The third-order valence-corrected chi connectivity index (χ3v) is 6.58. The van der Waals surface area contributed by atoms with E-state index in [-0.39, 0.29) is 11.9 Å². The number of benzene rings is 1. The number of nitrogens with one attached hydrogen (secondary N) is 2. The lowest BCUT2D eigenvalue weighted by atomic mass is 9.95. The van der Waals surface area contributed by atoms with Crippen LogP contribution in [-0.4, -0.2) is 48.5 Å². The van der Waals surface area contributed by atoms with Crippen LogP contribution in [0.25, 0.3) is 29.0 Å². The molecule has 3 heterocycles. The normalized spacial score (nSPS) is 15.7. The number of ether oxygens (including phenoxy) is 1. The fraction of sp³-hybridized carbons (Fsp3) is 0.419. The summed E-state index contributed by atoms with van der Waals surface area (Å²) in [5.41, 5.74) is 6.55. The molecule has 1 fully saturated rings. The Bertz CT molecular complexity index is 1210. The van der Waals surface area contributed by atoms with Gasteiger partial charge in [-0.15, -0.1) is 0 Å². The van der Waals surface area contributed by atoms with Crippen molar-refractivity contribution in [1.29, 1.82) is 0 Å². The number of aryl methyl sites for hydroxylation is 1. The average Bonchev–Trinajstić information content (AvgIpc) is 3.31. The van der Waals surface area contributed by atoms with Gasteiger partial charge < -0.3 is 15.0 Å². The van der Waals surface area contributed by atoms with E-state index in [4.69, 9.17) is 9.72 Å². The maximum absolute atomic E-state index is 15.1. The van der Waals surface area contributed by atoms with Gasteiger partial charge in [-0.25, -0.2) is 9.37 Å². The number of aromatic nitrogens is 3. The summed E-state index contributed by atoms with van der Waals surface area (Å²) >= 11 is 0. The van der Waals surface area contributed by atoms with Gasteiger partial charge in [-0.2, -0.15) is 5.10 Å². The van der Waals surface area contributed by atoms with Crippen LogP contribution < -0.4 is 10.2 Å². The zero-order chi connectivity index (χ0) is 27.7.